The molecule has 0 aromatic rings. The van der Waals surface area contributed by atoms with Gasteiger partial charge in [0.25, 0.3) is 0 Å². The van der Waals surface area contributed by atoms with Gasteiger partial charge in [0, 0.05) is 36.0 Å². The zero-order valence-corrected chi connectivity index (χ0v) is 30.2. The molecule has 0 aliphatic carbocycles. The predicted octanol–water partition coefficient (Wildman–Crippen LogP) is 14.4. The summed E-state index contributed by atoms with van der Waals surface area (Å²) in [5.41, 5.74) is 0. The number of halogens is 1. The van der Waals surface area contributed by atoms with Crippen LogP contribution in [0.25, 0.3) is 0 Å². The maximum absolute atomic E-state index is 2.70. The van der Waals surface area contributed by atoms with Gasteiger partial charge in [0.2, 0.25) is 0 Å². The molecule has 2 unspecified atom stereocenters. The van der Waals surface area contributed by atoms with Gasteiger partial charge >= 0.3 is 0 Å². The number of nitrogens with zero attached hydrogens (tertiary/aromatic N) is 1. The molecule has 40 heavy (non-hydrogen) atoms. The topological polar surface area (TPSA) is 3.24 Å². The van der Waals surface area contributed by atoms with Crippen molar-refractivity contribution in [2.75, 3.05) is 13.1 Å². The fraction of sp³-hybridized carbons (Fsp3) is 1.00. The average molecular weight is 674 g/mol. The lowest BCUT2D eigenvalue weighted by Gasteiger charge is -2.24. The minimum Gasteiger partial charge on any atom is -0.247 e. The van der Waals surface area contributed by atoms with Gasteiger partial charge < -0.3 is 0 Å². The van der Waals surface area contributed by atoms with Gasteiger partial charge in [-0.05, 0) is 37.5 Å². The Morgan fingerprint density at radius 2 is 0.650 bits per heavy atom. The van der Waals surface area contributed by atoms with Crippen LogP contribution in [-0.2, 0) is 0 Å². The van der Waals surface area contributed by atoms with Crippen LogP contribution in [0.3, 0.4) is 0 Å². The number of hydrogen-bond donors (Lipinski definition) is 0. The van der Waals surface area contributed by atoms with Crippen molar-refractivity contribution >= 4 is 22.9 Å². The van der Waals surface area contributed by atoms with Crippen molar-refractivity contribution in [2.45, 2.75) is 219 Å². The average Bonchev–Trinajstić information content (AvgIpc) is 3.03. The first-order valence-corrected chi connectivity index (χ1v) is 20.1. The van der Waals surface area contributed by atoms with Gasteiger partial charge in [0.15, 0.2) is 0 Å². The van der Waals surface area contributed by atoms with E-state index < -0.39 is 0 Å². The van der Waals surface area contributed by atoms with Crippen LogP contribution >= 0.6 is 22.9 Å². The third-order valence-corrected chi connectivity index (χ3v) is 10.6. The van der Waals surface area contributed by atoms with Crippen molar-refractivity contribution in [1.82, 2.24) is 3.11 Å². The Labute approximate surface area is 269 Å². The smallest absolute Gasteiger partial charge is 0.0201 e. The molecule has 1 fully saturated rings. The van der Waals surface area contributed by atoms with Gasteiger partial charge in [0.05, 0.1) is 0 Å². The van der Waals surface area contributed by atoms with Gasteiger partial charge in [-0.1, -0.05) is 194 Å². The van der Waals surface area contributed by atoms with Gasteiger partial charge in [0.1, 0.15) is 0 Å². The Morgan fingerprint density at radius 1 is 0.400 bits per heavy atom. The first-order valence-electron chi connectivity index (χ1n) is 19.2. The molecular weight excluding hydrogens is 597 g/mol. The minimum absolute atomic E-state index is 0.958. The Bertz CT molecular complexity index is 438. The quantitative estimate of drug-likeness (QED) is 0.0454. The molecule has 2 heteroatoms. The lowest BCUT2D eigenvalue weighted by molar-refractivity contribution is 0.314. The summed E-state index contributed by atoms with van der Waals surface area (Å²) in [6, 6.07) is 0. The van der Waals surface area contributed by atoms with Crippen molar-refractivity contribution in [1.29, 1.82) is 0 Å². The fourth-order valence-corrected chi connectivity index (χ4v) is 8.17. The highest BCUT2D eigenvalue weighted by molar-refractivity contribution is 14.1. The van der Waals surface area contributed by atoms with Crippen molar-refractivity contribution < 1.29 is 0 Å². The molecule has 0 radical (unpaired) electrons. The lowest BCUT2D eigenvalue weighted by Crippen LogP contribution is -2.25. The van der Waals surface area contributed by atoms with E-state index in [4.69, 9.17) is 0 Å². The molecule has 240 valence electrons. The highest BCUT2D eigenvalue weighted by atomic mass is 127. The summed E-state index contributed by atoms with van der Waals surface area (Å²) in [7, 11) is 0. The van der Waals surface area contributed by atoms with Crippen molar-refractivity contribution in [3.05, 3.63) is 0 Å². The Kier molecular flexibility index (Phi) is 30.1. The largest absolute Gasteiger partial charge is 0.247 e. The van der Waals surface area contributed by atoms with Gasteiger partial charge in [-0.3, -0.25) is 0 Å². The van der Waals surface area contributed by atoms with Crippen molar-refractivity contribution in [3.63, 3.8) is 0 Å². The first kappa shape index (κ1) is 38.7. The van der Waals surface area contributed by atoms with Crippen molar-refractivity contribution in [2.24, 2.45) is 11.8 Å². The second kappa shape index (κ2) is 31.1. The summed E-state index contributed by atoms with van der Waals surface area (Å²) < 4.78 is 2.70. The highest BCUT2D eigenvalue weighted by Gasteiger charge is 2.19. The van der Waals surface area contributed by atoms with E-state index in [2.05, 4.69) is 39.8 Å². The van der Waals surface area contributed by atoms with Crippen LogP contribution in [0.4, 0.5) is 0 Å². The number of unbranched alkanes of at least 4 members (excludes halogenated alkanes) is 24. The molecule has 2 atom stereocenters. The van der Waals surface area contributed by atoms with E-state index in [0.29, 0.717) is 0 Å². The molecule has 1 nitrogen and oxygen atoms in total. The molecule has 0 aromatic heterocycles. The van der Waals surface area contributed by atoms with Crippen LogP contribution < -0.4 is 0 Å². The second-order valence-electron chi connectivity index (χ2n) is 13.9. The summed E-state index contributed by atoms with van der Waals surface area (Å²) in [5, 5.41) is 0. The molecule has 0 aromatic carbocycles. The molecular formula is C38H76IN. The number of hydrogen-bond acceptors (Lipinski definition) is 1. The molecule has 1 saturated heterocycles. The lowest BCUT2D eigenvalue weighted by atomic mass is 9.93. The summed E-state index contributed by atoms with van der Waals surface area (Å²) in [6.07, 6.45) is 47.2. The molecule has 0 amide bonds. The standard InChI is InChI=1S/C38H76IN/c1-3-5-7-9-11-13-15-17-19-21-23-25-27-31-37-33-29-30-34-38(36-40(39)35-37)32-28-26-24-22-20-18-16-14-12-10-8-6-4-2/h37-38H,3-36H2,1-2H3. The van der Waals surface area contributed by atoms with E-state index in [0.717, 1.165) is 11.8 Å². The maximum Gasteiger partial charge on any atom is 0.0201 e. The summed E-state index contributed by atoms with van der Waals surface area (Å²) in [4.78, 5) is 0. The van der Waals surface area contributed by atoms with E-state index in [9.17, 15) is 0 Å². The molecule has 0 spiro atoms. The van der Waals surface area contributed by atoms with Crippen LogP contribution in [0.15, 0.2) is 0 Å². The van der Waals surface area contributed by atoms with Crippen LogP contribution in [0.1, 0.15) is 219 Å². The SMILES string of the molecule is CCCCCCCCCCCCCCCC1CCCCC(CCCCCCCCCCCCCCC)CN(I)C1. The fourth-order valence-electron chi connectivity index (χ4n) is 7.06. The Hall–Kier alpha value is 0.690. The highest BCUT2D eigenvalue weighted by Crippen LogP contribution is 2.28. The molecule has 1 aliphatic heterocycles. The minimum atomic E-state index is 0.958. The van der Waals surface area contributed by atoms with E-state index in [1.54, 1.807) is 0 Å². The molecule has 1 rings (SSSR count). The van der Waals surface area contributed by atoms with Crippen LogP contribution in [0.5, 0.6) is 0 Å². The maximum atomic E-state index is 2.70. The number of rotatable bonds is 28. The van der Waals surface area contributed by atoms with Crippen LogP contribution in [0, 0.1) is 11.8 Å². The van der Waals surface area contributed by atoms with E-state index >= 15 is 0 Å². The van der Waals surface area contributed by atoms with Gasteiger partial charge in [-0.2, -0.15) is 0 Å². The summed E-state index contributed by atoms with van der Waals surface area (Å²) in [5.74, 6) is 1.92. The van der Waals surface area contributed by atoms with Gasteiger partial charge in [-0.15, -0.1) is 0 Å². The molecule has 0 N–H and O–H groups in total. The predicted molar refractivity (Wildman–Crippen MR) is 192 cm³/mol. The van der Waals surface area contributed by atoms with E-state index in [1.807, 2.05) is 0 Å². The van der Waals surface area contributed by atoms with Crippen LogP contribution in [-0.4, -0.2) is 16.2 Å². The van der Waals surface area contributed by atoms with E-state index in [1.165, 1.54) is 219 Å². The zero-order valence-electron chi connectivity index (χ0n) is 28.0. The third-order valence-electron chi connectivity index (χ3n) is 9.82. The summed E-state index contributed by atoms with van der Waals surface area (Å²) >= 11 is 2.68. The molecule has 1 aliphatic rings. The summed E-state index contributed by atoms with van der Waals surface area (Å²) in [6.45, 7) is 7.34. The molecule has 0 saturated carbocycles. The third kappa shape index (κ3) is 26.3. The monoisotopic (exact) mass is 674 g/mol. The molecule has 0 bridgehead atoms. The van der Waals surface area contributed by atoms with Crippen LogP contribution in [0.2, 0.25) is 0 Å². The molecule has 1 heterocycles. The van der Waals surface area contributed by atoms with Crippen molar-refractivity contribution in [3.8, 4) is 0 Å². The Morgan fingerprint density at radius 3 is 0.925 bits per heavy atom. The Balaban J connectivity index is 1.96. The van der Waals surface area contributed by atoms with E-state index in [-0.39, 0.29) is 0 Å². The zero-order chi connectivity index (χ0) is 28.8. The first-order chi connectivity index (χ1) is 19.8. The normalized spacial score (nSPS) is 19.0. The second-order valence-corrected chi connectivity index (χ2v) is 15.3. The van der Waals surface area contributed by atoms with Gasteiger partial charge in [-0.25, -0.2) is 3.11 Å².